The molecule has 0 amide bonds. The standard InChI is InChI=1S/C5H9NO3/c1-2-9-5(8)4(7)3-6/h3,7H,2,6H2,1H3. The summed E-state index contributed by atoms with van der Waals surface area (Å²) in [4.78, 5) is 10.4. The van der Waals surface area contributed by atoms with Crippen molar-refractivity contribution in [1.29, 1.82) is 0 Å². The van der Waals surface area contributed by atoms with E-state index in [1.54, 1.807) is 6.92 Å². The van der Waals surface area contributed by atoms with Crippen LogP contribution < -0.4 is 5.73 Å². The van der Waals surface area contributed by atoms with E-state index < -0.39 is 11.7 Å². The molecule has 0 saturated carbocycles. The van der Waals surface area contributed by atoms with Gasteiger partial charge in [-0.2, -0.15) is 0 Å². The fourth-order valence-electron chi connectivity index (χ4n) is 0.273. The van der Waals surface area contributed by atoms with Gasteiger partial charge in [-0.25, -0.2) is 4.79 Å². The van der Waals surface area contributed by atoms with Crippen LogP contribution in [0.3, 0.4) is 0 Å². The van der Waals surface area contributed by atoms with E-state index in [2.05, 4.69) is 4.74 Å². The van der Waals surface area contributed by atoms with E-state index >= 15 is 0 Å². The molecule has 0 aromatic rings. The van der Waals surface area contributed by atoms with Gasteiger partial charge in [0, 0.05) is 6.20 Å². The van der Waals surface area contributed by atoms with Gasteiger partial charge in [-0.1, -0.05) is 0 Å². The SMILES string of the molecule is CCOC(=O)C(O)=CN. The molecule has 0 aromatic carbocycles. The maximum Gasteiger partial charge on any atom is 0.374 e. The second-order valence-electron chi connectivity index (χ2n) is 1.27. The van der Waals surface area contributed by atoms with Crippen molar-refractivity contribution in [3.05, 3.63) is 12.0 Å². The molecule has 0 atom stereocenters. The van der Waals surface area contributed by atoms with Crippen molar-refractivity contribution >= 4 is 5.97 Å². The van der Waals surface area contributed by atoms with Crippen LogP contribution in [0, 0.1) is 0 Å². The van der Waals surface area contributed by atoms with Gasteiger partial charge in [-0.05, 0) is 6.92 Å². The van der Waals surface area contributed by atoms with Crippen LogP contribution in [0.15, 0.2) is 12.0 Å². The van der Waals surface area contributed by atoms with Crippen LogP contribution in [0.1, 0.15) is 6.92 Å². The Morgan fingerprint density at radius 2 is 2.44 bits per heavy atom. The molecule has 3 N–H and O–H groups in total. The average molecular weight is 131 g/mol. The van der Waals surface area contributed by atoms with E-state index in [0.29, 0.717) is 0 Å². The van der Waals surface area contributed by atoms with Crippen molar-refractivity contribution in [2.24, 2.45) is 5.73 Å². The highest BCUT2D eigenvalue weighted by atomic mass is 16.5. The summed E-state index contributed by atoms with van der Waals surface area (Å²) in [6, 6.07) is 0. The summed E-state index contributed by atoms with van der Waals surface area (Å²) in [7, 11) is 0. The molecule has 0 aliphatic carbocycles. The predicted octanol–water partition coefficient (Wildman–Crippen LogP) is -0.0924. The van der Waals surface area contributed by atoms with E-state index in [9.17, 15) is 4.79 Å². The van der Waals surface area contributed by atoms with Crippen molar-refractivity contribution in [2.75, 3.05) is 6.61 Å². The van der Waals surface area contributed by atoms with Crippen LogP contribution in [-0.4, -0.2) is 17.7 Å². The first kappa shape index (κ1) is 7.81. The largest absolute Gasteiger partial charge is 0.501 e. The maximum atomic E-state index is 10.4. The van der Waals surface area contributed by atoms with Crippen molar-refractivity contribution in [1.82, 2.24) is 0 Å². The Kier molecular flexibility index (Phi) is 3.27. The third-order valence-corrected chi connectivity index (χ3v) is 0.642. The molecule has 0 spiro atoms. The molecule has 0 aliphatic rings. The molecule has 0 saturated heterocycles. The molecule has 0 aliphatic heterocycles. The molecular weight excluding hydrogens is 122 g/mol. The Morgan fingerprint density at radius 1 is 1.89 bits per heavy atom. The molecule has 0 unspecified atom stereocenters. The number of nitrogens with two attached hydrogens (primary N) is 1. The number of carbonyl (C=O) groups is 1. The summed E-state index contributed by atoms with van der Waals surface area (Å²) in [5.74, 6) is -1.35. The zero-order valence-corrected chi connectivity index (χ0v) is 5.13. The Labute approximate surface area is 52.9 Å². The van der Waals surface area contributed by atoms with Crippen LogP contribution in [0.2, 0.25) is 0 Å². The van der Waals surface area contributed by atoms with E-state index in [0.717, 1.165) is 6.20 Å². The summed E-state index contributed by atoms with van der Waals surface area (Å²) >= 11 is 0. The molecule has 0 heterocycles. The smallest absolute Gasteiger partial charge is 0.374 e. The number of aliphatic hydroxyl groups is 1. The van der Waals surface area contributed by atoms with Gasteiger partial charge in [-0.3, -0.25) is 0 Å². The lowest BCUT2D eigenvalue weighted by Gasteiger charge is -1.96. The number of rotatable bonds is 2. The first-order valence-electron chi connectivity index (χ1n) is 2.50. The van der Waals surface area contributed by atoms with E-state index in [1.165, 1.54) is 0 Å². The Balaban J connectivity index is 3.74. The lowest BCUT2D eigenvalue weighted by Crippen LogP contribution is -2.08. The number of esters is 1. The Hall–Kier alpha value is -1.19. The average Bonchev–Trinajstić information content (AvgIpc) is 1.87. The van der Waals surface area contributed by atoms with E-state index in [1.807, 2.05) is 0 Å². The van der Waals surface area contributed by atoms with Gasteiger partial charge in [0.25, 0.3) is 0 Å². The van der Waals surface area contributed by atoms with Crippen LogP contribution in [0.4, 0.5) is 0 Å². The first-order chi connectivity index (χ1) is 4.22. The molecule has 0 aromatic heterocycles. The minimum Gasteiger partial charge on any atom is -0.501 e. The summed E-state index contributed by atoms with van der Waals surface area (Å²) < 4.78 is 4.36. The van der Waals surface area contributed by atoms with Crippen LogP contribution in [0.5, 0.6) is 0 Å². The highest BCUT2D eigenvalue weighted by molar-refractivity contribution is 5.85. The van der Waals surface area contributed by atoms with Gasteiger partial charge in [0.1, 0.15) is 0 Å². The third kappa shape index (κ3) is 2.58. The van der Waals surface area contributed by atoms with Crippen LogP contribution in [0.25, 0.3) is 0 Å². The fourth-order valence-corrected chi connectivity index (χ4v) is 0.273. The molecule has 0 fully saturated rings. The normalized spacial score (nSPS) is 11.0. The zero-order valence-electron chi connectivity index (χ0n) is 5.13. The summed E-state index contributed by atoms with van der Waals surface area (Å²) in [5, 5.41) is 8.52. The van der Waals surface area contributed by atoms with Gasteiger partial charge in [0.2, 0.25) is 5.76 Å². The zero-order chi connectivity index (χ0) is 7.28. The third-order valence-electron chi connectivity index (χ3n) is 0.642. The number of hydrogen-bond acceptors (Lipinski definition) is 4. The van der Waals surface area contributed by atoms with Gasteiger partial charge < -0.3 is 15.6 Å². The monoisotopic (exact) mass is 131 g/mol. The molecule has 52 valence electrons. The Bertz CT molecular complexity index is 130. The van der Waals surface area contributed by atoms with Crippen molar-refractivity contribution in [3.8, 4) is 0 Å². The number of carbonyl (C=O) groups excluding carboxylic acids is 1. The second kappa shape index (κ2) is 3.77. The highest BCUT2D eigenvalue weighted by Crippen LogP contribution is 1.88. The summed E-state index contributed by atoms with van der Waals surface area (Å²) in [6.45, 7) is 1.87. The molecular formula is C5H9NO3. The van der Waals surface area contributed by atoms with Crippen LogP contribution >= 0.6 is 0 Å². The van der Waals surface area contributed by atoms with Gasteiger partial charge in [0.05, 0.1) is 6.61 Å². The van der Waals surface area contributed by atoms with Crippen molar-refractivity contribution in [3.63, 3.8) is 0 Å². The molecule has 4 nitrogen and oxygen atoms in total. The van der Waals surface area contributed by atoms with Gasteiger partial charge in [-0.15, -0.1) is 0 Å². The van der Waals surface area contributed by atoms with Crippen molar-refractivity contribution in [2.45, 2.75) is 6.92 Å². The molecule has 9 heavy (non-hydrogen) atoms. The molecule has 0 bridgehead atoms. The predicted molar refractivity (Wildman–Crippen MR) is 31.5 cm³/mol. The lowest BCUT2D eigenvalue weighted by molar-refractivity contribution is -0.141. The van der Waals surface area contributed by atoms with Crippen molar-refractivity contribution < 1.29 is 14.6 Å². The first-order valence-corrected chi connectivity index (χ1v) is 2.50. The summed E-state index contributed by atoms with van der Waals surface area (Å²) in [5.41, 5.74) is 4.79. The molecule has 0 rings (SSSR count). The lowest BCUT2D eigenvalue weighted by atomic mass is 10.5. The summed E-state index contributed by atoms with van der Waals surface area (Å²) in [6.07, 6.45) is 0.790. The minimum atomic E-state index is -0.792. The number of aliphatic hydroxyl groups excluding tert-OH is 1. The minimum absolute atomic E-state index is 0.233. The molecule has 0 radical (unpaired) electrons. The number of hydrogen-bond donors (Lipinski definition) is 2. The van der Waals surface area contributed by atoms with E-state index in [4.69, 9.17) is 10.8 Å². The second-order valence-corrected chi connectivity index (χ2v) is 1.27. The van der Waals surface area contributed by atoms with E-state index in [-0.39, 0.29) is 6.61 Å². The Morgan fingerprint density at radius 3 is 2.78 bits per heavy atom. The van der Waals surface area contributed by atoms with Gasteiger partial charge in [0.15, 0.2) is 0 Å². The maximum absolute atomic E-state index is 10.4. The number of ether oxygens (including phenoxy) is 1. The molecule has 4 heteroatoms. The quantitative estimate of drug-likeness (QED) is 0.312. The van der Waals surface area contributed by atoms with Crippen LogP contribution in [-0.2, 0) is 9.53 Å². The highest BCUT2D eigenvalue weighted by Gasteiger charge is 2.04. The van der Waals surface area contributed by atoms with Gasteiger partial charge >= 0.3 is 5.97 Å². The topological polar surface area (TPSA) is 72.5 Å². The fraction of sp³-hybridized carbons (Fsp3) is 0.400.